The van der Waals surface area contributed by atoms with Gasteiger partial charge >= 0.3 is 5.97 Å². The van der Waals surface area contributed by atoms with Crippen LogP contribution in [0, 0.1) is 0 Å². The van der Waals surface area contributed by atoms with Crippen molar-refractivity contribution in [2.45, 2.75) is 17.3 Å². The number of methoxy groups -OCH3 is 2. The Morgan fingerprint density at radius 2 is 2.10 bits per heavy atom. The summed E-state index contributed by atoms with van der Waals surface area (Å²) < 4.78 is 11.8. The van der Waals surface area contributed by atoms with E-state index in [0.717, 1.165) is 5.69 Å². The average Bonchev–Trinajstić information content (AvgIpc) is 2.94. The monoisotopic (exact) mass is 293 g/mol. The first kappa shape index (κ1) is 14.4. The van der Waals surface area contributed by atoms with Crippen molar-refractivity contribution < 1.29 is 14.3 Å². The van der Waals surface area contributed by atoms with Gasteiger partial charge in [-0.15, -0.1) is 10.2 Å². The third-order valence-corrected chi connectivity index (χ3v) is 3.71. The molecule has 0 fully saturated rings. The summed E-state index contributed by atoms with van der Waals surface area (Å²) in [7, 11) is 2.97. The molecule has 1 unspecified atom stereocenters. The highest BCUT2D eigenvalue weighted by molar-refractivity contribution is 8.00. The van der Waals surface area contributed by atoms with Crippen LogP contribution in [0.1, 0.15) is 6.92 Å². The summed E-state index contributed by atoms with van der Waals surface area (Å²) in [6, 6.07) is 7.54. The molecule has 2 rings (SSSR count). The maximum atomic E-state index is 11.5. The molecule has 1 atom stereocenters. The minimum absolute atomic E-state index is 0.301. The molecular weight excluding hydrogens is 278 g/mol. The fourth-order valence-electron chi connectivity index (χ4n) is 1.67. The minimum Gasteiger partial charge on any atom is -0.495 e. The summed E-state index contributed by atoms with van der Waals surface area (Å²) in [6.07, 6.45) is 1.59. The third-order valence-electron chi connectivity index (χ3n) is 2.68. The highest BCUT2D eigenvalue weighted by atomic mass is 32.2. The summed E-state index contributed by atoms with van der Waals surface area (Å²) in [4.78, 5) is 11.5. The van der Waals surface area contributed by atoms with Crippen LogP contribution in [0.2, 0.25) is 0 Å². The molecule has 0 saturated heterocycles. The van der Waals surface area contributed by atoms with Gasteiger partial charge in [0.15, 0.2) is 5.16 Å². The van der Waals surface area contributed by atoms with Crippen molar-refractivity contribution in [3.05, 3.63) is 30.6 Å². The standard InChI is InChI=1S/C13H15N3O3S/c1-9(12(17)19-3)20-13-15-14-8-16(13)10-6-4-5-7-11(10)18-2/h4-9H,1-3H3. The Bertz CT molecular complexity index is 600. The van der Waals surface area contributed by atoms with Gasteiger partial charge in [0.05, 0.1) is 19.9 Å². The molecule has 2 aromatic rings. The number of hydrogen-bond donors (Lipinski definition) is 0. The number of ether oxygens (including phenoxy) is 2. The topological polar surface area (TPSA) is 66.2 Å². The van der Waals surface area contributed by atoms with Gasteiger partial charge in [-0.1, -0.05) is 23.9 Å². The molecule has 1 aromatic heterocycles. The number of aromatic nitrogens is 3. The molecule has 1 heterocycles. The Hall–Kier alpha value is -2.02. The SMILES string of the molecule is COC(=O)C(C)Sc1nncn1-c1ccccc1OC. The number of para-hydroxylation sites is 2. The fourth-order valence-corrected chi connectivity index (χ4v) is 2.53. The summed E-state index contributed by atoms with van der Waals surface area (Å²) in [5, 5.41) is 8.17. The van der Waals surface area contributed by atoms with Crippen LogP contribution in [0.3, 0.4) is 0 Å². The van der Waals surface area contributed by atoms with E-state index in [1.807, 2.05) is 24.3 Å². The maximum absolute atomic E-state index is 11.5. The maximum Gasteiger partial charge on any atom is 0.318 e. The van der Waals surface area contributed by atoms with E-state index in [0.29, 0.717) is 10.9 Å². The van der Waals surface area contributed by atoms with Crippen molar-refractivity contribution >= 4 is 17.7 Å². The van der Waals surface area contributed by atoms with Crippen LogP contribution in [-0.4, -0.2) is 40.2 Å². The second kappa shape index (κ2) is 6.42. The third kappa shape index (κ3) is 2.93. The number of carbonyl (C=O) groups is 1. The smallest absolute Gasteiger partial charge is 0.318 e. The van der Waals surface area contributed by atoms with Crippen LogP contribution in [0.25, 0.3) is 5.69 Å². The number of rotatable bonds is 5. The van der Waals surface area contributed by atoms with Gasteiger partial charge in [-0.05, 0) is 19.1 Å². The van der Waals surface area contributed by atoms with Crippen molar-refractivity contribution in [3.8, 4) is 11.4 Å². The molecule has 0 amide bonds. The zero-order chi connectivity index (χ0) is 14.5. The molecule has 0 aliphatic heterocycles. The summed E-state index contributed by atoms with van der Waals surface area (Å²) in [6.45, 7) is 1.76. The fraction of sp³-hybridized carbons (Fsp3) is 0.308. The van der Waals surface area contributed by atoms with Gasteiger partial charge in [0, 0.05) is 0 Å². The normalized spacial score (nSPS) is 11.9. The first-order valence-corrected chi connectivity index (χ1v) is 6.83. The zero-order valence-electron chi connectivity index (χ0n) is 11.4. The molecule has 106 valence electrons. The first-order valence-electron chi connectivity index (χ1n) is 5.95. The van der Waals surface area contributed by atoms with Crippen molar-refractivity contribution in [1.29, 1.82) is 0 Å². The molecule has 0 radical (unpaired) electrons. The molecule has 0 aliphatic carbocycles. The molecule has 1 aromatic carbocycles. The van der Waals surface area contributed by atoms with Gasteiger partial charge in [-0.25, -0.2) is 0 Å². The van der Waals surface area contributed by atoms with Crippen molar-refractivity contribution in [3.63, 3.8) is 0 Å². The number of carbonyl (C=O) groups excluding carboxylic acids is 1. The van der Waals surface area contributed by atoms with Gasteiger partial charge in [0.2, 0.25) is 0 Å². The second-order valence-corrected chi connectivity index (χ2v) is 5.25. The van der Waals surface area contributed by atoms with E-state index in [-0.39, 0.29) is 11.2 Å². The van der Waals surface area contributed by atoms with Gasteiger partial charge in [0.25, 0.3) is 0 Å². The van der Waals surface area contributed by atoms with Crippen LogP contribution >= 0.6 is 11.8 Å². The number of benzene rings is 1. The van der Waals surface area contributed by atoms with Gasteiger partial charge in [-0.3, -0.25) is 9.36 Å². The Morgan fingerprint density at radius 3 is 2.80 bits per heavy atom. The molecule has 0 bridgehead atoms. The molecular formula is C13H15N3O3S. The Kier molecular flexibility index (Phi) is 4.62. The van der Waals surface area contributed by atoms with E-state index in [1.54, 1.807) is 24.9 Å². The molecule has 0 spiro atoms. The number of thioether (sulfide) groups is 1. The van der Waals surface area contributed by atoms with Crippen LogP contribution in [-0.2, 0) is 9.53 Å². The molecule has 6 nitrogen and oxygen atoms in total. The summed E-state index contributed by atoms with van der Waals surface area (Å²) >= 11 is 1.28. The Balaban J connectivity index is 2.31. The van der Waals surface area contributed by atoms with E-state index < -0.39 is 0 Å². The summed E-state index contributed by atoms with van der Waals surface area (Å²) in [5.41, 5.74) is 0.819. The van der Waals surface area contributed by atoms with Crippen LogP contribution in [0.5, 0.6) is 5.75 Å². The lowest BCUT2D eigenvalue weighted by Gasteiger charge is -2.12. The lowest BCUT2D eigenvalue weighted by molar-refractivity contribution is -0.139. The minimum atomic E-state index is -0.363. The molecule has 0 N–H and O–H groups in total. The molecule has 0 aliphatic rings. The number of hydrogen-bond acceptors (Lipinski definition) is 6. The van der Waals surface area contributed by atoms with Crippen LogP contribution in [0.4, 0.5) is 0 Å². The van der Waals surface area contributed by atoms with E-state index in [9.17, 15) is 4.79 Å². The second-order valence-electron chi connectivity index (χ2n) is 3.94. The van der Waals surface area contributed by atoms with Crippen molar-refractivity contribution in [1.82, 2.24) is 14.8 Å². The molecule has 7 heteroatoms. The zero-order valence-corrected chi connectivity index (χ0v) is 12.3. The average molecular weight is 293 g/mol. The van der Waals surface area contributed by atoms with Gasteiger partial charge < -0.3 is 9.47 Å². The Labute approximate surface area is 121 Å². The van der Waals surface area contributed by atoms with E-state index in [4.69, 9.17) is 9.47 Å². The molecule has 20 heavy (non-hydrogen) atoms. The largest absolute Gasteiger partial charge is 0.495 e. The van der Waals surface area contributed by atoms with E-state index in [2.05, 4.69) is 10.2 Å². The molecule has 0 saturated carbocycles. The van der Waals surface area contributed by atoms with Crippen molar-refractivity contribution in [2.24, 2.45) is 0 Å². The highest BCUT2D eigenvalue weighted by Gasteiger charge is 2.19. The quantitative estimate of drug-likeness (QED) is 0.620. The van der Waals surface area contributed by atoms with Crippen molar-refractivity contribution in [2.75, 3.05) is 14.2 Å². The lowest BCUT2D eigenvalue weighted by atomic mass is 10.3. The first-order chi connectivity index (χ1) is 9.67. The van der Waals surface area contributed by atoms with E-state index in [1.165, 1.54) is 18.9 Å². The Morgan fingerprint density at radius 1 is 1.35 bits per heavy atom. The highest BCUT2D eigenvalue weighted by Crippen LogP contribution is 2.28. The van der Waals surface area contributed by atoms with Crippen LogP contribution < -0.4 is 4.74 Å². The van der Waals surface area contributed by atoms with Gasteiger partial charge in [0.1, 0.15) is 17.3 Å². The summed E-state index contributed by atoms with van der Waals surface area (Å²) in [5.74, 6) is 0.407. The van der Waals surface area contributed by atoms with Gasteiger partial charge in [-0.2, -0.15) is 0 Å². The lowest BCUT2D eigenvalue weighted by Crippen LogP contribution is -2.15. The predicted molar refractivity (Wildman–Crippen MR) is 75.2 cm³/mol. The number of esters is 1. The van der Waals surface area contributed by atoms with Crippen LogP contribution in [0.15, 0.2) is 35.7 Å². The number of nitrogens with zero attached hydrogens (tertiary/aromatic N) is 3. The predicted octanol–water partition coefficient (Wildman–Crippen LogP) is 1.93. The van der Waals surface area contributed by atoms with E-state index >= 15 is 0 Å².